The summed E-state index contributed by atoms with van der Waals surface area (Å²) in [7, 11) is 0. The first kappa shape index (κ1) is 10.2. The molecule has 0 spiro atoms. The first-order chi connectivity index (χ1) is 7.31. The zero-order valence-electron chi connectivity index (χ0n) is 8.77. The summed E-state index contributed by atoms with van der Waals surface area (Å²) in [4.78, 5) is 11.7. The van der Waals surface area contributed by atoms with E-state index in [0.29, 0.717) is 12.2 Å². The van der Waals surface area contributed by atoms with Crippen molar-refractivity contribution in [3.05, 3.63) is 18.0 Å². The molecular formula is C10H15N3O2. The van der Waals surface area contributed by atoms with E-state index >= 15 is 0 Å². The number of epoxide rings is 1. The fourth-order valence-corrected chi connectivity index (χ4v) is 1.40. The summed E-state index contributed by atoms with van der Waals surface area (Å²) in [6.45, 7) is 4.18. The summed E-state index contributed by atoms with van der Waals surface area (Å²) in [6, 6.07) is 1.73. The van der Waals surface area contributed by atoms with Gasteiger partial charge in [0.25, 0.3) is 5.91 Å². The van der Waals surface area contributed by atoms with Gasteiger partial charge in [-0.05, 0) is 12.5 Å². The minimum Gasteiger partial charge on any atom is -0.371 e. The summed E-state index contributed by atoms with van der Waals surface area (Å²) in [5, 5.41) is 6.92. The lowest BCUT2D eigenvalue weighted by Gasteiger charge is -2.05. The number of hydrogen-bond acceptors (Lipinski definition) is 3. The highest BCUT2D eigenvalue weighted by molar-refractivity contribution is 5.92. The van der Waals surface area contributed by atoms with Gasteiger partial charge in [-0.25, -0.2) is 0 Å². The molecule has 1 aliphatic rings. The molecule has 1 aliphatic heterocycles. The molecule has 0 radical (unpaired) electrons. The zero-order chi connectivity index (χ0) is 10.7. The molecule has 2 rings (SSSR count). The van der Waals surface area contributed by atoms with Crippen LogP contribution in [0.25, 0.3) is 0 Å². The molecule has 1 aromatic rings. The highest BCUT2D eigenvalue weighted by Crippen LogP contribution is 2.07. The first-order valence-electron chi connectivity index (χ1n) is 5.23. The molecule has 1 fully saturated rings. The SMILES string of the molecule is CCCn1nccc1C(=O)NCC1CO1. The van der Waals surface area contributed by atoms with Crippen LogP contribution >= 0.6 is 0 Å². The molecule has 0 bridgehead atoms. The molecule has 1 unspecified atom stereocenters. The Morgan fingerprint density at radius 2 is 2.60 bits per heavy atom. The second kappa shape index (κ2) is 4.44. The van der Waals surface area contributed by atoms with E-state index in [4.69, 9.17) is 4.74 Å². The lowest BCUT2D eigenvalue weighted by Crippen LogP contribution is -2.29. The van der Waals surface area contributed by atoms with E-state index < -0.39 is 0 Å². The number of ether oxygens (including phenoxy) is 1. The average Bonchev–Trinajstić information content (AvgIpc) is 2.95. The van der Waals surface area contributed by atoms with Crippen LogP contribution in [0.1, 0.15) is 23.8 Å². The van der Waals surface area contributed by atoms with E-state index in [2.05, 4.69) is 17.3 Å². The number of rotatable bonds is 5. The van der Waals surface area contributed by atoms with Gasteiger partial charge >= 0.3 is 0 Å². The fourth-order valence-electron chi connectivity index (χ4n) is 1.40. The van der Waals surface area contributed by atoms with Crippen molar-refractivity contribution in [2.24, 2.45) is 0 Å². The Morgan fingerprint density at radius 1 is 1.80 bits per heavy atom. The molecule has 1 N–H and O–H groups in total. The van der Waals surface area contributed by atoms with Crippen LogP contribution < -0.4 is 5.32 Å². The van der Waals surface area contributed by atoms with Crippen molar-refractivity contribution in [2.45, 2.75) is 26.0 Å². The van der Waals surface area contributed by atoms with Crippen molar-refractivity contribution < 1.29 is 9.53 Å². The first-order valence-corrected chi connectivity index (χ1v) is 5.23. The van der Waals surface area contributed by atoms with Gasteiger partial charge in [0.2, 0.25) is 0 Å². The predicted octanol–water partition coefficient (Wildman–Crippen LogP) is 0.422. The molecule has 2 heterocycles. The monoisotopic (exact) mass is 209 g/mol. The quantitative estimate of drug-likeness (QED) is 0.715. The molecule has 0 aliphatic carbocycles. The number of aromatic nitrogens is 2. The summed E-state index contributed by atoms with van der Waals surface area (Å²) >= 11 is 0. The molecule has 5 nitrogen and oxygen atoms in total. The Morgan fingerprint density at radius 3 is 3.27 bits per heavy atom. The second-order valence-corrected chi connectivity index (χ2v) is 3.60. The van der Waals surface area contributed by atoms with Crippen LogP contribution in [-0.4, -0.2) is 34.9 Å². The van der Waals surface area contributed by atoms with Crippen molar-refractivity contribution in [2.75, 3.05) is 13.2 Å². The summed E-state index contributed by atoms with van der Waals surface area (Å²) in [5.41, 5.74) is 0.623. The Labute approximate surface area is 88.4 Å². The van der Waals surface area contributed by atoms with E-state index in [1.54, 1.807) is 16.9 Å². The maximum atomic E-state index is 11.7. The molecule has 1 atom stereocenters. The van der Waals surface area contributed by atoms with E-state index in [-0.39, 0.29) is 12.0 Å². The molecule has 0 saturated carbocycles. The van der Waals surface area contributed by atoms with Crippen LogP contribution in [0, 0.1) is 0 Å². The van der Waals surface area contributed by atoms with Crippen LogP contribution in [0.4, 0.5) is 0 Å². The van der Waals surface area contributed by atoms with Crippen molar-refractivity contribution in [1.82, 2.24) is 15.1 Å². The minimum absolute atomic E-state index is 0.0727. The number of carbonyl (C=O) groups excluding carboxylic acids is 1. The van der Waals surface area contributed by atoms with Crippen molar-refractivity contribution in [1.29, 1.82) is 0 Å². The van der Waals surface area contributed by atoms with Gasteiger partial charge in [-0.2, -0.15) is 5.10 Å². The van der Waals surface area contributed by atoms with Crippen LogP contribution in [0.2, 0.25) is 0 Å². The van der Waals surface area contributed by atoms with Crippen LogP contribution in [0.15, 0.2) is 12.3 Å². The van der Waals surface area contributed by atoms with E-state index in [9.17, 15) is 4.79 Å². The van der Waals surface area contributed by atoms with Gasteiger partial charge in [0.1, 0.15) is 5.69 Å². The second-order valence-electron chi connectivity index (χ2n) is 3.60. The molecule has 5 heteroatoms. The van der Waals surface area contributed by atoms with E-state index in [1.165, 1.54) is 0 Å². The van der Waals surface area contributed by atoms with E-state index in [0.717, 1.165) is 19.6 Å². The van der Waals surface area contributed by atoms with Gasteiger partial charge in [0, 0.05) is 19.3 Å². The van der Waals surface area contributed by atoms with Crippen LogP contribution in [0.3, 0.4) is 0 Å². The molecule has 15 heavy (non-hydrogen) atoms. The molecule has 82 valence electrons. The summed E-state index contributed by atoms with van der Waals surface area (Å²) in [6.07, 6.45) is 2.84. The normalized spacial score (nSPS) is 18.9. The van der Waals surface area contributed by atoms with Crippen LogP contribution in [-0.2, 0) is 11.3 Å². The highest BCUT2D eigenvalue weighted by Gasteiger charge is 2.23. The third-order valence-electron chi connectivity index (χ3n) is 2.28. The standard InChI is InChI=1S/C10H15N3O2/c1-2-5-13-9(3-4-12-13)10(14)11-6-8-7-15-8/h3-4,8H,2,5-7H2,1H3,(H,11,14). The number of nitrogens with one attached hydrogen (secondary N) is 1. The maximum absolute atomic E-state index is 11.7. The number of amides is 1. The largest absolute Gasteiger partial charge is 0.371 e. The number of carbonyl (C=O) groups is 1. The molecule has 1 aromatic heterocycles. The minimum atomic E-state index is -0.0727. The molecule has 0 aromatic carbocycles. The Balaban J connectivity index is 1.93. The predicted molar refractivity (Wildman–Crippen MR) is 54.6 cm³/mol. The fraction of sp³-hybridized carbons (Fsp3) is 0.600. The van der Waals surface area contributed by atoms with Gasteiger partial charge in [0.15, 0.2) is 0 Å². The Bertz CT molecular complexity index is 344. The van der Waals surface area contributed by atoms with Gasteiger partial charge in [-0.1, -0.05) is 6.92 Å². The van der Waals surface area contributed by atoms with Gasteiger partial charge in [-0.15, -0.1) is 0 Å². The maximum Gasteiger partial charge on any atom is 0.269 e. The lowest BCUT2D eigenvalue weighted by atomic mass is 10.3. The lowest BCUT2D eigenvalue weighted by molar-refractivity contribution is 0.0939. The third kappa shape index (κ3) is 2.56. The number of nitrogens with zero attached hydrogens (tertiary/aromatic N) is 2. The third-order valence-corrected chi connectivity index (χ3v) is 2.28. The molecule has 1 saturated heterocycles. The van der Waals surface area contributed by atoms with Crippen LogP contribution in [0.5, 0.6) is 0 Å². The van der Waals surface area contributed by atoms with Crippen molar-refractivity contribution >= 4 is 5.91 Å². The Hall–Kier alpha value is -1.36. The van der Waals surface area contributed by atoms with Gasteiger partial charge < -0.3 is 10.1 Å². The molecule has 1 amide bonds. The van der Waals surface area contributed by atoms with Crippen molar-refractivity contribution in [3.63, 3.8) is 0 Å². The highest BCUT2D eigenvalue weighted by atomic mass is 16.6. The number of aryl methyl sites for hydroxylation is 1. The Kier molecular flexibility index (Phi) is 3.01. The van der Waals surface area contributed by atoms with Gasteiger partial charge in [-0.3, -0.25) is 9.48 Å². The zero-order valence-corrected chi connectivity index (χ0v) is 8.77. The van der Waals surface area contributed by atoms with Gasteiger partial charge in [0.05, 0.1) is 12.7 Å². The number of hydrogen-bond donors (Lipinski definition) is 1. The molecular weight excluding hydrogens is 194 g/mol. The van der Waals surface area contributed by atoms with E-state index in [1.807, 2.05) is 0 Å². The average molecular weight is 209 g/mol. The topological polar surface area (TPSA) is 59.5 Å². The smallest absolute Gasteiger partial charge is 0.269 e. The summed E-state index contributed by atoms with van der Waals surface area (Å²) in [5.74, 6) is -0.0727. The summed E-state index contributed by atoms with van der Waals surface area (Å²) < 4.78 is 6.74. The van der Waals surface area contributed by atoms with Crippen molar-refractivity contribution in [3.8, 4) is 0 Å².